The zero-order valence-electron chi connectivity index (χ0n) is 17.6. The van der Waals surface area contributed by atoms with Crippen LogP contribution in [-0.4, -0.2) is 53.7 Å². The Hall–Kier alpha value is -2.46. The molecular weight excluding hydrogens is 412 g/mol. The van der Waals surface area contributed by atoms with E-state index in [1.165, 1.54) is 16.2 Å². The van der Waals surface area contributed by atoms with Crippen molar-refractivity contribution >= 4 is 40.2 Å². The number of carbonyl (C=O) groups excluding carboxylic acids is 2. The lowest BCUT2D eigenvalue weighted by Gasteiger charge is -2.12. The van der Waals surface area contributed by atoms with Crippen molar-refractivity contribution in [1.82, 2.24) is 5.32 Å². The second-order valence-electron chi connectivity index (χ2n) is 7.14. The van der Waals surface area contributed by atoms with E-state index < -0.39 is 11.9 Å². The molecule has 0 saturated heterocycles. The number of fused-ring (bicyclic) bond motifs is 1. The molecule has 1 amide bonds. The van der Waals surface area contributed by atoms with Crippen molar-refractivity contribution in [2.75, 3.05) is 25.0 Å². The molecule has 0 unspecified atom stereocenters. The number of amides is 1. The number of rotatable bonds is 8. The first kappa shape index (κ1) is 25.6. The van der Waals surface area contributed by atoms with Crippen LogP contribution in [0.4, 0.5) is 5.00 Å². The van der Waals surface area contributed by atoms with Crippen LogP contribution in [0.1, 0.15) is 60.8 Å². The van der Waals surface area contributed by atoms with Crippen molar-refractivity contribution in [1.29, 1.82) is 0 Å². The summed E-state index contributed by atoms with van der Waals surface area (Å²) in [7, 11) is 0. The highest BCUT2D eigenvalue weighted by Crippen LogP contribution is 2.38. The zero-order chi connectivity index (χ0) is 22.7. The van der Waals surface area contributed by atoms with E-state index in [1.807, 2.05) is 0 Å². The maximum Gasteiger partial charge on any atom is 0.414 e. The van der Waals surface area contributed by atoms with E-state index >= 15 is 0 Å². The molecule has 4 N–H and O–H groups in total. The average molecular weight is 443 g/mol. The molecule has 0 fully saturated rings. The Balaban J connectivity index is 0.000000656. The van der Waals surface area contributed by atoms with Crippen LogP contribution in [0.3, 0.4) is 0 Å². The van der Waals surface area contributed by atoms with Crippen LogP contribution >= 0.6 is 11.3 Å². The molecule has 168 valence electrons. The maximum atomic E-state index is 12.3. The van der Waals surface area contributed by atoms with Gasteiger partial charge >= 0.3 is 17.9 Å². The average Bonchev–Trinajstić information content (AvgIpc) is 3.03. The summed E-state index contributed by atoms with van der Waals surface area (Å²) in [4.78, 5) is 44.0. The number of aryl methyl sites for hydroxylation is 1. The van der Waals surface area contributed by atoms with Crippen LogP contribution < -0.4 is 10.6 Å². The third-order valence-electron chi connectivity index (χ3n) is 4.17. The molecule has 10 heteroatoms. The van der Waals surface area contributed by atoms with E-state index in [0.717, 1.165) is 37.8 Å². The van der Waals surface area contributed by atoms with E-state index in [9.17, 15) is 9.59 Å². The van der Waals surface area contributed by atoms with Crippen molar-refractivity contribution in [2.45, 2.75) is 52.9 Å². The van der Waals surface area contributed by atoms with Gasteiger partial charge < -0.3 is 25.6 Å². The number of carboxylic acid groups (broad SMARTS) is 2. The number of esters is 1. The molecule has 0 aliphatic heterocycles. The van der Waals surface area contributed by atoms with Crippen LogP contribution in [0.5, 0.6) is 0 Å². The molecule has 0 spiro atoms. The normalized spacial score (nSPS) is 12.4. The molecule has 0 saturated carbocycles. The summed E-state index contributed by atoms with van der Waals surface area (Å²) in [6.45, 7) is 7.95. The van der Waals surface area contributed by atoms with E-state index in [4.69, 9.17) is 24.5 Å². The summed E-state index contributed by atoms with van der Waals surface area (Å²) < 4.78 is 5.20. The highest BCUT2D eigenvalue weighted by atomic mass is 32.1. The predicted octanol–water partition coefficient (Wildman–Crippen LogP) is 2.53. The first-order valence-electron chi connectivity index (χ1n) is 9.95. The van der Waals surface area contributed by atoms with Crippen molar-refractivity contribution in [2.24, 2.45) is 5.92 Å². The van der Waals surface area contributed by atoms with Gasteiger partial charge in [-0.15, -0.1) is 11.3 Å². The molecule has 1 aliphatic carbocycles. The number of ether oxygens (including phenoxy) is 1. The van der Waals surface area contributed by atoms with Crippen LogP contribution in [0.25, 0.3) is 0 Å². The minimum atomic E-state index is -1.82. The van der Waals surface area contributed by atoms with Gasteiger partial charge in [-0.25, -0.2) is 14.4 Å². The summed E-state index contributed by atoms with van der Waals surface area (Å²) >= 11 is 1.54. The molecule has 2 rings (SSSR count). The number of nitrogens with one attached hydrogen (secondary N) is 2. The number of aliphatic carboxylic acids is 2. The maximum absolute atomic E-state index is 12.3. The third-order valence-corrected chi connectivity index (χ3v) is 5.38. The number of hydrogen-bond acceptors (Lipinski definition) is 7. The number of carbonyl (C=O) groups is 4. The molecule has 9 nitrogen and oxygen atoms in total. The van der Waals surface area contributed by atoms with Crippen LogP contribution in [0, 0.1) is 5.92 Å². The Bertz CT molecular complexity index is 747. The number of hydrogen-bond donors (Lipinski definition) is 4. The lowest BCUT2D eigenvalue weighted by Crippen LogP contribution is -2.25. The largest absolute Gasteiger partial charge is 0.473 e. The Labute approximate surface area is 179 Å². The van der Waals surface area contributed by atoms with E-state index in [2.05, 4.69) is 24.5 Å². The van der Waals surface area contributed by atoms with Gasteiger partial charge in [-0.2, -0.15) is 0 Å². The highest BCUT2D eigenvalue weighted by Gasteiger charge is 2.27. The quantitative estimate of drug-likeness (QED) is 0.273. The van der Waals surface area contributed by atoms with Gasteiger partial charge in [-0.05, 0) is 50.6 Å². The standard InChI is InChI=1S/C18H28N2O3S.C2H2O4/c1-4-23-18(22)16-13-7-5-6-8-14(13)24-17(16)20-15(21)9-10-19-11-12(2)3;3-1(4)2(5)6/h12,19H,4-11H2,1-3H3,(H,20,21);(H,3,4)(H,5,6). The van der Waals surface area contributed by atoms with E-state index in [-0.39, 0.29) is 11.9 Å². The second kappa shape index (κ2) is 13.0. The van der Waals surface area contributed by atoms with Crippen molar-refractivity contribution in [3.63, 3.8) is 0 Å². The van der Waals surface area contributed by atoms with Crippen molar-refractivity contribution < 1.29 is 34.1 Å². The molecule has 0 aromatic carbocycles. The van der Waals surface area contributed by atoms with E-state index in [0.29, 0.717) is 36.1 Å². The molecule has 1 aliphatic rings. The van der Waals surface area contributed by atoms with Gasteiger partial charge in [0.05, 0.1) is 12.2 Å². The fourth-order valence-electron chi connectivity index (χ4n) is 2.85. The van der Waals surface area contributed by atoms with Gasteiger partial charge in [-0.1, -0.05) is 13.8 Å². The first-order chi connectivity index (χ1) is 14.2. The summed E-state index contributed by atoms with van der Waals surface area (Å²) in [6, 6.07) is 0. The minimum Gasteiger partial charge on any atom is -0.473 e. The second-order valence-corrected chi connectivity index (χ2v) is 8.25. The number of anilines is 1. The van der Waals surface area contributed by atoms with Gasteiger partial charge in [-0.3, -0.25) is 4.79 Å². The smallest absolute Gasteiger partial charge is 0.414 e. The minimum absolute atomic E-state index is 0.0598. The zero-order valence-corrected chi connectivity index (χ0v) is 18.4. The summed E-state index contributed by atoms with van der Waals surface area (Å²) in [5.74, 6) is -3.46. The van der Waals surface area contributed by atoms with Gasteiger partial charge in [0.2, 0.25) is 5.91 Å². The van der Waals surface area contributed by atoms with Gasteiger partial charge in [0.1, 0.15) is 5.00 Å². The van der Waals surface area contributed by atoms with Gasteiger partial charge in [0, 0.05) is 17.8 Å². The SMILES string of the molecule is CCOC(=O)c1c(NC(=O)CCNCC(C)C)sc2c1CCCC2.O=C(O)C(=O)O. The number of carboxylic acids is 2. The third kappa shape index (κ3) is 8.50. The molecule has 0 bridgehead atoms. The Kier molecular flexibility index (Phi) is 11.1. The Morgan fingerprint density at radius 3 is 2.30 bits per heavy atom. The van der Waals surface area contributed by atoms with E-state index in [1.54, 1.807) is 6.92 Å². The van der Waals surface area contributed by atoms with Gasteiger partial charge in [0.15, 0.2) is 0 Å². The Morgan fingerprint density at radius 1 is 1.10 bits per heavy atom. The molecule has 0 radical (unpaired) electrons. The monoisotopic (exact) mass is 442 g/mol. The lowest BCUT2D eigenvalue weighted by molar-refractivity contribution is -0.159. The molecule has 1 aromatic rings. The first-order valence-corrected chi connectivity index (χ1v) is 10.8. The van der Waals surface area contributed by atoms with Crippen LogP contribution in [0.15, 0.2) is 0 Å². The number of thiophene rings is 1. The van der Waals surface area contributed by atoms with Crippen molar-refractivity contribution in [3.8, 4) is 0 Å². The molecular formula is C20H30N2O7S. The summed E-state index contributed by atoms with van der Waals surface area (Å²) in [5, 5.41) is 21.6. The fourth-order valence-corrected chi connectivity index (χ4v) is 4.15. The van der Waals surface area contributed by atoms with Crippen LogP contribution in [-0.2, 0) is 32.0 Å². The molecule has 30 heavy (non-hydrogen) atoms. The lowest BCUT2D eigenvalue weighted by atomic mass is 9.95. The molecule has 0 atom stereocenters. The summed E-state index contributed by atoms with van der Waals surface area (Å²) in [6.07, 6.45) is 4.51. The Morgan fingerprint density at radius 2 is 1.73 bits per heavy atom. The summed E-state index contributed by atoms with van der Waals surface area (Å²) in [5.41, 5.74) is 1.66. The molecule has 1 aromatic heterocycles. The highest BCUT2D eigenvalue weighted by molar-refractivity contribution is 7.17. The topological polar surface area (TPSA) is 142 Å². The molecule has 1 heterocycles. The fraction of sp³-hybridized carbons (Fsp3) is 0.600. The van der Waals surface area contributed by atoms with Crippen LogP contribution in [0.2, 0.25) is 0 Å². The van der Waals surface area contributed by atoms with Gasteiger partial charge in [0.25, 0.3) is 0 Å². The predicted molar refractivity (Wildman–Crippen MR) is 113 cm³/mol. The van der Waals surface area contributed by atoms with Crippen molar-refractivity contribution in [3.05, 3.63) is 16.0 Å².